The number of hydrogen-bond acceptors (Lipinski definition) is 4. The Bertz CT molecular complexity index is 725. The third-order valence-corrected chi connectivity index (χ3v) is 4.27. The summed E-state index contributed by atoms with van der Waals surface area (Å²) in [6, 6.07) is 8.11. The van der Waals surface area contributed by atoms with Gasteiger partial charge in [-0.15, -0.1) is 0 Å². The molecule has 0 unspecified atom stereocenters. The van der Waals surface area contributed by atoms with Gasteiger partial charge in [0, 0.05) is 31.9 Å². The van der Waals surface area contributed by atoms with Crippen molar-refractivity contribution in [3.8, 4) is 0 Å². The molecule has 3 N–H and O–H groups in total. The smallest absolute Gasteiger partial charge is 0.238 e. The number of nitrogens with one attached hydrogen (secondary N) is 1. The van der Waals surface area contributed by atoms with Crippen molar-refractivity contribution in [1.82, 2.24) is 15.1 Å². The number of aryl methyl sites for hydroxylation is 2. The summed E-state index contributed by atoms with van der Waals surface area (Å²) < 4.78 is 24.1. The van der Waals surface area contributed by atoms with Crippen molar-refractivity contribution < 1.29 is 13.2 Å². The molecule has 0 radical (unpaired) electrons. The molecule has 124 valence electrons. The molecule has 0 fully saturated rings. The van der Waals surface area contributed by atoms with Crippen LogP contribution >= 0.6 is 0 Å². The lowest BCUT2D eigenvalue weighted by atomic mass is 10.1. The van der Waals surface area contributed by atoms with Gasteiger partial charge >= 0.3 is 0 Å². The molecule has 0 atom stereocenters. The van der Waals surface area contributed by atoms with E-state index < -0.39 is 10.0 Å². The van der Waals surface area contributed by atoms with Crippen LogP contribution in [0, 0.1) is 0 Å². The van der Waals surface area contributed by atoms with Crippen LogP contribution in [0.3, 0.4) is 0 Å². The van der Waals surface area contributed by atoms with E-state index in [-0.39, 0.29) is 10.8 Å². The molecular formula is C15H20N4O3S. The van der Waals surface area contributed by atoms with Crippen LogP contribution in [0.2, 0.25) is 0 Å². The van der Waals surface area contributed by atoms with Crippen molar-refractivity contribution in [1.29, 1.82) is 0 Å². The maximum absolute atomic E-state index is 11.8. The Morgan fingerprint density at radius 1 is 1.26 bits per heavy atom. The number of nitrogens with zero attached hydrogens (tertiary/aromatic N) is 2. The fraction of sp³-hybridized carbons (Fsp3) is 0.333. The summed E-state index contributed by atoms with van der Waals surface area (Å²) in [7, 11) is -3.67. The van der Waals surface area contributed by atoms with Gasteiger partial charge < -0.3 is 5.32 Å². The van der Waals surface area contributed by atoms with Gasteiger partial charge in [0.15, 0.2) is 0 Å². The lowest BCUT2D eigenvalue weighted by Gasteiger charge is -2.06. The first-order valence-corrected chi connectivity index (χ1v) is 8.85. The quantitative estimate of drug-likeness (QED) is 0.691. The Morgan fingerprint density at radius 3 is 2.61 bits per heavy atom. The molecular weight excluding hydrogens is 316 g/mol. The topological polar surface area (TPSA) is 107 Å². The predicted molar refractivity (Wildman–Crippen MR) is 86.0 cm³/mol. The summed E-state index contributed by atoms with van der Waals surface area (Å²) in [4.78, 5) is 11.8. The standard InChI is InChI=1S/C15H20N4O3S/c16-23(21,22)14-6-3-13(4-7-14)5-8-15(20)17-9-1-11-19-12-2-10-18-19/h2-4,6-7,10,12H,1,5,8-9,11H2,(H,17,20)(H2,16,21,22). The van der Waals surface area contributed by atoms with Crippen molar-refractivity contribution in [3.05, 3.63) is 48.3 Å². The molecule has 7 nitrogen and oxygen atoms in total. The predicted octanol–water partition coefficient (Wildman–Crippen LogP) is 0.670. The van der Waals surface area contributed by atoms with Gasteiger partial charge in [-0.05, 0) is 36.6 Å². The van der Waals surface area contributed by atoms with Crippen LogP contribution in [-0.4, -0.2) is 30.7 Å². The first kappa shape index (κ1) is 17.2. The van der Waals surface area contributed by atoms with Crippen molar-refractivity contribution in [2.24, 2.45) is 5.14 Å². The molecule has 0 aliphatic carbocycles. The van der Waals surface area contributed by atoms with Crippen molar-refractivity contribution in [2.45, 2.75) is 30.7 Å². The van der Waals surface area contributed by atoms with Gasteiger partial charge in [-0.25, -0.2) is 13.6 Å². The number of hydrogen-bond donors (Lipinski definition) is 2. The molecule has 8 heteroatoms. The molecule has 0 spiro atoms. The molecule has 1 aromatic carbocycles. The second kappa shape index (κ2) is 7.89. The maximum atomic E-state index is 11.8. The van der Waals surface area contributed by atoms with E-state index in [0.717, 1.165) is 18.5 Å². The van der Waals surface area contributed by atoms with Crippen LogP contribution in [0.15, 0.2) is 47.6 Å². The molecule has 0 saturated carbocycles. The van der Waals surface area contributed by atoms with Gasteiger partial charge in [0.05, 0.1) is 4.90 Å². The van der Waals surface area contributed by atoms with E-state index in [1.807, 2.05) is 16.9 Å². The van der Waals surface area contributed by atoms with Gasteiger partial charge in [-0.2, -0.15) is 5.10 Å². The maximum Gasteiger partial charge on any atom is 0.238 e. The zero-order valence-electron chi connectivity index (χ0n) is 12.7. The van der Waals surface area contributed by atoms with Crippen LogP contribution in [0.1, 0.15) is 18.4 Å². The average molecular weight is 336 g/mol. The van der Waals surface area contributed by atoms with Gasteiger partial charge in [0.1, 0.15) is 0 Å². The minimum Gasteiger partial charge on any atom is -0.356 e. The fourth-order valence-corrected chi connectivity index (χ4v) is 2.61. The molecule has 0 saturated heterocycles. The Labute approximate surface area is 135 Å². The molecule has 2 aromatic rings. The number of rotatable bonds is 8. The Morgan fingerprint density at radius 2 is 2.00 bits per heavy atom. The summed E-state index contributed by atoms with van der Waals surface area (Å²) in [6.07, 6.45) is 5.33. The van der Waals surface area contributed by atoms with Crippen LogP contribution < -0.4 is 10.5 Å². The van der Waals surface area contributed by atoms with Gasteiger partial charge in [0.2, 0.25) is 15.9 Å². The highest BCUT2D eigenvalue weighted by Gasteiger charge is 2.07. The summed E-state index contributed by atoms with van der Waals surface area (Å²) in [5.74, 6) is -0.0269. The highest BCUT2D eigenvalue weighted by atomic mass is 32.2. The van der Waals surface area contributed by atoms with Gasteiger partial charge in [0.25, 0.3) is 0 Å². The summed E-state index contributed by atoms with van der Waals surface area (Å²) >= 11 is 0. The molecule has 23 heavy (non-hydrogen) atoms. The van der Waals surface area contributed by atoms with Crippen molar-refractivity contribution in [2.75, 3.05) is 6.54 Å². The van der Waals surface area contributed by atoms with E-state index in [1.54, 1.807) is 18.3 Å². The zero-order valence-corrected chi connectivity index (χ0v) is 13.5. The van der Waals surface area contributed by atoms with Gasteiger partial charge in [-0.3, -0.25) is 9.48 Å². The minimum atomic E-state index is -3.67. The lowest BCUT2D eigenvalue weighted by Crippen LogP contribution is -2.25. The van der Waals surface area contributed by atoms with Crippen LogP contribution in [0.4, 0.5) is 0 Å². The second-order valence-corrected chi connectivity index (χ2v) is 6.72. The van der Waals surface area contributed by atoms with E-state index in [0.29, 0.717) is 19.4 Å². The third-order valence-electron chi connectivity index (χ3n) is 3.34. The first-order chi connectivity index (χ1) is 10.9. The molecule has 1 heterocycles. The summed E-state index contributed by atoms with van der Waals surface area (Å²) in [5, 5.41) is 12.0. The van der Waals surface area contributed by atoms with E-state index in [4.69, 9.17) is 5.14 Å². The fourth-order valence-electron chi connectivity index (χ4n) is 2.09. The molecule has 2 rings (SSSR count). The number of primary sulfonamides is 1. The average Bonchev–Trinajstić information content (AvgIpc) is 3.02. The zero-order chi connectivity index (χ0) is 16.7. The molecule has 1 amide bonds. The van der Waals surface area contributed by atoms with E-state index >= 15 is 0 Å². The van der Waals surface area contributed by atoms with Crippen LogP contribution in [0.5, 0.6) is 0 Å². The number of nitrogens with two attached hydrogens (primary N) is 1. The lowest BCUT2D eigenvalue weighted by molar-refractivity contribution is -0.121. The molecule has 1 aromatic heterocycles. The third kappa shape index (κ3) is 5.84. The monoisotopic (exact) mass is 336 g/mol. The SMILES string of the molecule is NS(=O)(=O)c1ccc(CCC(=O)NCCCn2cccn2)cc1. The molecule has 0 aliphatic rings. The van der Waals surface area contributed by atoms with Crippen LogP contribution in [0.25, 0.3) is 0 Å². The highest BCUT2D eigenvalue weighted by Crippen LogP contribution is 2.10. The number of carbonyl (C=O) groups is 1. The minimum absolute atomic E-state index is 0.0269. The number of amides is 1. The number of aromatic nitrogens is 2. The highest BCUT2D eigenvalue weighted by molar-refractivity contribution is 7.89. The first-order valence-electron chi connectivity index (χ1n) is 7.31. The summed E-state index contributed by atoms with van der Waals surface area (Å²) in [6.45, 7) is 1.37. The van der Waals surface area contributed by atoms with Crippen molar-refractivity contribution >= 4 is 15.9 Å². The largest absolute Gasteiger partial charge is 0.356 e. The number of sulfonamides is 1. The van der Waals surface area contributed by atoms with Crippen LogP contribution in [-0.2, 0) is 27.8 Å². The van der Waals surface area contributed by atoms with Gasteiger partial charge in [-0.1, -0.05) is 12.1 Å². The number of benzene rings is 1. The Balaban J connectivity index is 1.67. The molecule has 0 bridgehead atoms. The van der Waals surface area contributed by atoms with E-state index in [2.05, 4.69) is 10.4 Å². The Kier molecular flexibility index (Phi) is 5.89. The second-order valence-electron chi connectivity index (χ2n) is 5.16. The van der Waals surface area contributed by atoms with E-state index in [1.165, 1.54) is 12.1 Å². The number of carbonyl (C=O) groups excluding carboxylic acids is 1. The molecule has 0 aliphatic heterocycles. The normalized spacial score (nSPS) is 11.3. The van der Waals surface area contributed by atoms with Crippen molar-refractivity contribution in [3.63, 3.8) is 0 Å². The van der Waals surface area contributed by atoms with E-state index in [9.17, 15) is 13.2 Å². The summed E-state index contributed by atoms with van der Waals surface area (Å²) in [5.41, 5.74) is 0.893. The Hall–Kier alpha value is -2.19.